The number of nitrogens with zero attached hydrogens (tertiary/aromatic N) is 2. The van der Waals surface area contributed by atoms with Crippen LogP contribution in [0.1, 0.15) is 25.3 Å². The summed E-state index contributed by atoms with van der Waals surface area (Å²) in [6.45, 7) is 3.93. The van der Waals surface area contributed by atoms with Crippen LogP contribution in [0.3, 0.4) is 0 Å². The summed E-state index contributed by atoms with van der Waals surface area (Å²) >= 11 is 0. The second-order valence-electron chi connectivity index (χ2n) is 7.34. The fraction of sp³-hybridized carbons (Fsp3) is 0.409. The van der Waals surface area contributed by atoms with Crippen molar-refractivity contribution < 1.29 is 19.2 Å². The van der Waals surface area contributed by atoms with Gasteiger partial charge in [-0.3, -0.25) is 19.8 Å². The van der Waals surface area contributed by atoms with Gasteiger partial charge in [-0.1, -0.05) is 30.3 Å². The number of non-ortho nitro benzene ring substituents is 1. The molecule has 0 bridgehead atoms. The highest BCUT2D eigenvalue weighted by atomic mass is 16.6. The molecule has 8 nitrogen and oxygen atoms in total. The second kappa shape index (κ2) is 10.2. The fourth-order valence-corrected chi connectivity index (χ4v) is 3.53. The maximum Gasteiger partial charge on any atom is 0.271 e. The predicted octanol–water partition coefficient (Wildman–Crippen LogP) is 3.61. The summed E-state index contributed by atoms with van der Waals surface area (Å²) in [5, 5.41) is 13.8. The average molecular weight is 413 g/mol. The molecule has 1 atom stereocenters. The van der Waals surface area contributed by atoms with Crippen molar-refractivity contribution in [3.05, 3.63) is 64.2 Å². The average Bonchev–Trinajstić information content (AvgIpc) is 2.78. The highest BCUT2D eigenvalue weighted by Crippen LogP contribution is 2.29. The molecule has 1 saturated heterocycles. The van der Waals surface area contributed by atoms with Crippen molar-refractivity contribution in [1.29, 1.82) is 0 Å². The Morgan fingerprint density at radius 3 is 2.57 bits per heavy atom. The van der Waals surface area contributed by atoms with Crippen LogP contribution in [-0.2, 0) is 16.1 Å². The lowest BCUT2D eigenvalue weighted by molar-refractivity contribution is -0.384. The lowest BCUT2D eigenvalue weighted by atomic mass is 10.1. The summed E-state index contributed by atoms with van der Waals surface area (Å²) in [6, 6.07) is 13.8. The predicted molar refractivity (Wildman–Crippen MR) is 114 cm³/mol. The minimum Gasteiger partial charge on any atom is -0.495 e. The first-order valence-electron chi connectivity index (χ1n) is 10.0. The molecule has 0 saturated carbocycles. The van der Waals surface area contributed by atoms with Gasteiger partial charge < -0.3 is 14.8 Å². The number of ether oxygens (including phenoxy) is 2. The number of benzene rings is 2. The van der Waals surface area contributed by atoms with Gasteiger partial charge in [-0.25, -0.2) is 0 Å². The van der Waals surface area contributed by atoms with E-state index in [4.69, 9.17) is 9.47 Å². The first-order valence-corrected chi connectivity index (χ1v) is 10.0. The number of piperidine rings is 1. The summed E-state index contributed by atoms with van der Waals surface area (Å²) in [5.74, 6) is 0.159. The molecule has 3 rings (SSSR count). The first kappa shape index (κ1) is 21.7. The van der Waals surface area contributed by atoms with E-state index in [1.54, 1.807) is 0 Å². The van der Waals surface area contributed by atoms with Crippen molar-refractivity contribution in [2.75, 3.05) is 25.5 Å². The van der Waals surface area contributed by atoms with Gasteiger partial charge in [-0.2, -0.15) is 0 Å². The van der Waals surface area contributed by atoms with Crippen LogP contribution in [0.25, 0.3) is 0 Å². The number of nitro benzene ring substituents is 1. The summed E-state index contributed by atoms with van der Waals surface area (Å²) < 4.78 is 11.2. The molecule has 1 heterocycles. The quantitative estimate of drug-likeness (QED) is 0.525. The topological polar surface area (TPSA) is 93.9 Å². The first-order chi connectivity index (χ1) is 14.5. The third-order valence-electron chi connectivity index (χ3n) is 5.38. The summed E-state index contributed by atoms with van der Waals surface area (Å²) in [7, 11) is 1.46. The number of anilines is 1. The zero-order chi connectivity index (χ0) is 21.5. The Morgan fingerprint density at radius 1 is 1.23 bits per heavy atom. The zero-order valence-corrected chi connectivity index (χ0v) is 17.2. The smallest absolute Gasteiger partial charge is 0.271 e. The molecule has 2 aromatic carbocycles. The number of amides is 1. The molecule has 2 aromatic rings. The molecular weight excluding hydrogens is 386 g/mol. The molecule has 0 aromatic heterocycles. The van der Waals surface area contributed by atoms with E-state index < -0.39 is 4.92 Å². The third-order valence-corrected chi connectivity index (χ3v) is 5.38. The number of methoxy groups -OCH3 is 1. The summed E-state index contributed by atoms with van der Waals surface area (Å²) in [5.41, 5.74) is 1.35. The van der Waals surface area contributed by atoms with Crippen LogP contribution in [0, 0.1) is 10.1 Å². The Balaban J connectivity index is 1.52. The monoisotopic (exact) mass is 413 g/mol. The number of rotatable bonds is 8. The van der Waals surface area contributed by atoms with Crippen molar-refractivity contribution in [2.45, 2.75) is 38.5 Å². The highest BCUT2D eigenvalue weighted by Gasteiger charge is 2.27. The van der Waals surface area contributed by atoms with Gasteiger partial charge in [-0.15, -0.1) is 0 Å². The van der Waals surface area contributed by atoms with E-state index in [-0.39, 0.29) is 23.7 Å². The van der Waals surface area contributed by atoms with E-state index in [9.17, 15) is 14.9 Å². The molecule has 1 N–H and O–H groups in total. The van der Waals surface area contributed by atoms with E-state index in [0.717, 1.165) is 31.5 Å². The molecule has 1 aliphatic rings. The van der Waals surface area contributed by atoms with Gasteiger partial charge in [0.05, 0.1) is 36.5 Å². The number of hydrogen-bond acceptors (Lipinski definition) is 6. The second-order valence-corrected chi connectivity index (χ2v) is 7.34. The van der Waals surface area contributed by atoms with Gasteiger partial charge in [-0.05, 0) is 31.4 Å². The Bertz CT molecular complexity index is 866. The summed E-state index contributed by atoms with van der Waals surface area (Å²) in [6.07, 6.45) is 1.88. The molecule has 8 heteroatoms. The van der Waals surface area contributed by atoms with Crippen LogP contribution in [0.4, 0.5) is 11.4 Å². The number of hydrogen-bond donors (Lipinski definition) is 1. The Labute approximate surface area is 175 Å². The van der Waals surface area contributed by atoms with Gasteiger partial charge in [0, 0.05) is 25.2 Å². The minimum atomic E-state index is -0.501. The van der Waals surface area contributed by atoms with Crippen molar-refractivity contribution in [1.82, 2.24) is 4.90 Å². The third kappa shape index (κ3) is 5.55. The highest BCUT2D eigenvalue weighted by molar-refractivity contribution is 5.96. The molecule has 1 aliphatic heterocycles. The molecular formula is C22H27N3O5. The maximum absolute atomic E-state index is 12.7. The molecule has 1 unspecified atom stereocenters. The van der Waals surface area contributed by atoms with Crippen LogP contribution < -0.4 is 10.1 Å². The van der Waals surface area contributed by atoms with Crippen molar-refractivity contribution >= 4 is 17.3 Å². The van der Waals surface area contributed by atoms with E-state index >= 15 is 0 Å². The van der Waals surface area contributed by atoms with E-state index in [1.807, 2.05) is 37.3 Å². The molecule has 160 valence electrons. The van der Waals surface area contributed by atoms with E-state index in [0.29, 0.717) is 18.0 Å². The largest absolute Gasteiger partial charge is 0.495 e. The molecule has 1 amide bonds. The molecule has 0 spiro atoms. The van der Waals surface area contributed by atoms with Crippen LogP contribution in [0.2, 0.25) is 0 Å². The number of nitro groups is 1. The van der Waals surface area contributed by atoms with Crippen LogP contribution >= 0.6 is 0 Å². The van der Waals surface area contributed by atoms with Gasteiger partial charge in [0.25, 0.3) is 5.69 Å². The van der Waals surface area contributed by atoms with Crippen LogP contribution in [-0.4, -0.2) is 48.1 Å². The van der Waals surface area contributed by atoms with Crippen molar-refractivity contribution in [3.8, 4) is 5.75 Å². The normalized spacial score (nSPS) is 16.1. The Morgan fingerprint density at radius 2 is 1.93 bits per heavy atom. The van der Waals surface area contributed by atoms with Crippen molar-refractivity contribution in [2.24, 2.45) is 0 Å². The van der Waals surface area contributed by atoms with Gasteiger partial charge in [0.1, 0.15) is 5.75 Å². The van der Waals surface area contributed by atoms with E-state index in [1.165, 1.54) is 25.3 Å². The molecule has 30 heavy (non-hydrogen) atoms. The number of carbonyl (C=O) groups excluding carboxylic acids is 1. The van der Waals surface area contributed by atoms with Crippen molar-refractivity contribution in [3.63, 3.8) is 0 Å². The lowest BCUT2D eigenvalue weighted by Gasteiger charge is -2.35. The standard InChI is InChI=1S/C22H27N3O5/c1-16(22(26)23-20-14-18(25(27)28)8-9-21(20)29-2)24-12-10-19(11-13-24)30-15-17-6-4-3-5-7-17/h3-9,14,16,19H,10-13,15H2,1-2H3,(H,23,26). The van der Waals surface area contributed by atoms with Gasteiger partial charge in [0.2, 0.25) is 5.91 Å². The molecule has 0 radical (unpaired) electrons. The van der Waals surface area contributed by atoms with Crippen LogP contribution in [0.5, 0.6) is 5.75 Å². The Hall–Kier alpha value is -2.97. The minimum absolute atomic E-state index is 0.102. The SMILES string of the molecule is COc1ccc([N+](=O)[O-])cc1NC(=O)C(C)N1CCC(OCc2ccccc2)CC1. The number of likely N-dealkylation sites (tertiary alicyclic amines) is 1. The number of nitrogens with one attached hydrogen (secondary N) is 1. The van der Waals surface area contributed by atoms with Gasteiger partial charge >= 0.3 is 0 Å². The maximum atomic E-state index is 12.7. The Kier molecular flexibility index (Phi) is 7.37. The van der Waals surface area contributed by atoms with Gasteiger partial charge in [0.15, 0.2) is 0 Å². The lowest BCUT2D eigenvalue weighted by Crippen LogP contribution is -2.47. The summed E-state index contributed by atoms with van der Waals surface area (Å²) in [4.78, 5) is 25.4. The number of carbonyl (C=O) groups is 1. The zero-order valence-electron chi connectivity index (χ0n) is 17.2. The molecule has 1 fully saturated rings. The fourth-order valence-electron chi connectivity index (χ4n) is 3.53. The van der Waals surface area contributed by atoms with Crippen LogP contribution in [0.15, 0.2) is 48.5 Å². The molecule has 0 aliphatic carbocycles. The van der Waals surface area contributed by atoms with E-state index in [2.05, 4.69) is 10.2 Å².